The molecule has 0 saturated carbocycles. The number of aryl methyl sites for hydroxylation is 2. The fourth-order valence-corrected chi connectivity index (χ4v) is 2.69. The Labute approximate surface area is 124 Å². The summed E-state index contributed by atoms with van der Waals surface area (Å²) < 4.78 is 7.70. The summed E-state index contributed by atoms with van der Waals surface area (Å²) in [7, 11) is 1.88. The topological polar surface area (TPSA) is 63.4 Å². The molecule has 0 radical (unpaired) electrons. The number of nitrogens with zero attached hydrogens (tertiary/aromatic N) is 4. The first kappa shape index (κ1) is 14.0. The molecule has 2 aromatic rings. The van der Waals surface area contributed by atoms with E-state index >= 15 is 0 Å². The first-order chi connectivity index (χ1) is 10.1. The molecule has 112 valence electrons. The lowest BCUT2D eigenvalue weighted by molar-refractivity contribution is 0.174. The van der Waals surface area contributed by atoms with E-state index in [1.54, 1.807) is 17.1 Å². The second-order valence-electron chi connectivity index (χ2n) is 5.46. The molecule has 1 atom stereocenters. The van der Waals surface area contributed by atoms with Gasteiger partial charge in [0.1, 0.15) is 5.75 Å². The van der Waals surface area contributed by atoms with Crippen molar-refractivity contribution in [3.05, 3.63) is 35.8 Å². The minimum atomic E-state index is -0.218. The van der Waals surface area contributed by atoms with Crippen LogP contribution in [0.5, 0.6) is 11.6 Å². The van der Waals surface area contributed by atoms with Gasteiger partial charge in [-0.25, -0.2) is 4.68 Å². The van der Waals surface area contributed by atoms with Gasteiger partial charge in [0.15, 0.2) is 0 Å². The average molecular weight is 288 g/mol. The van der Waals surface area contributed by atoms with E-state index in [2.05, 4.69) is 15.0 Å². The molecule has 1 aliphatic heterocycles. The van der Waals surface area contributed by atoms with E-state index in [1.807, 2.05) is 26.1 Å². The summed E-state index contributed by atoms with van der Waals surface area (Å²) >= 11 is 0. The van der Waals surface area contributed by atoms with Crippen LogP contribution in [0.4, 0.5) is 0 Å². The number of aliphatic hydroxyl groups is 1. The van der Waals surface area contributed by atoms with Gasteiger partial charge < -0.3 is 9.84 Å². The number of ether oxygens (including phenoxy) is 1. The zero-order valence-electron chi connectivity index (χ0n) is 12.4. The van der Waals surface area contributed by atoms with Gasteiger partial charge in [-0.15, -0.1) is 0 Å². The number of aliphatic hydroxyl groups excluding tert-OH is 1. The molecule has 1 saturated heterocycles. The highest BCUT2D eigenvalue weighted by molar-refractivity contribution is 5.34. The standard InChI is InChI=1S/C15H20N4O2/c1-11-14(10-19-7-5-12(20)9-19)15(18(2)17-11)21-13-4-3-6-16-8-13/h3-4,6,8,12,20H,5,7,9-10H2,1-2H3/t12-/m1/s1. The Kier molecular flexibility index (Phi) is 3.90. The Morgan fingerprint density at radius 1 is 1.48 bits per heavy atom. The van der Waals surface area contributed by atoms with E-state index in [4.69, 9.17) is 4.74 Å². The maximum absolute atomic E-state index is 9.65. The molecule has 0 amide bonds. The van der Waals surface area contributed by atoms with E-state index in [0.717, 1.165) is 36.6 Å². The monoisotopic (exact) mass is 288 g/mol. The maximum atomic E-state index is 9.65. The third-order valence-corrected chi connectivity index (χ3v) is 3.77. The molecule has 1 fully saturated rings. The molecule has 0 bridgehead atoms. The fraction of sp³-hybridized carbons (Fsp3) is 0.467. The van der Waals surface area contributed by atoms with Crippen LogP contribution in [0, 0.1) is 6.92 Å². The van der Waals surface area contributed by atoms with Crippen molar-refractivity contribution in [1.82, 2.24) is 19.7 Å². The van der Waals surface area contributed by atoms with Crippen LogP contribution in [0.25, 0.3) is 0 Å². The Morgan fingerprint density at radius 2 is 2.33 bits per heavy atom. The smallest absolute Gasteiger partial charge is 0.222 e. The van der Waals surface area contributed by atoms with Crippen LogP contribution < -0.4 is 4.74 Å². The van der Waals surface area contributed by atoms with Crippen LogP contribution in [0.15, 0.2) is 24.5 Å². The fourth-order valence-electron chi connectivity index (χ4n) is 2.69. The number of rotatable bonds is 4. The van der Waals surface area contributed by atoms with Gasteiger partial charge in [-0.05, 0) is 25.5 Å². The predicted octanol–water partition coefficient (Wildman–Crippen LogP) is 1.48. The molecular weight excluding hydrogens is 268 g/mol. The highest BCUT2D eigenvalue weighted by Gasteiger charge is 2.24. The van der Waals surface area contributed by atoms with E-state index in [1.165, 1.54) is 0 Å². The molecule has 0 unspecified atom stereocenters. The quantitative estimate of drug-likeness (QED) is 0.923. The van der Waals surface area contributed by atoms with E-state index in [-0.39, 0.29) is 6.10 Å². The van der Waals surface area contributed by atoms with Crippen LogP contribution in [-0.2, 0) is 13.6 Å². The number of hydrogen-bond acceptors (Lipinski definition) is 5. The molecule has 0 aromatic carbocycles. The Bertz CT molecular complexity index is 612. The van der Waals surface area contributed by atoms with Crippen molar-refractivity contribution in [2.24, 2.45) is 7.05 Å². The molecule has 2 aromatic heterocycles. The van der Waals surface area contributed by atoms with Crippen LogP contribution in [0.3, 0.4) is 0 Å². The highest BCUT2D eigenvalue weighted by atomic mass is 16.5. The molecule has 3 heterocycles. The molecule has 6 heteroatoms. The second-order valence-corrected chi connectivity index (χ2v) is 5.46. The van der Waals surface area contributed by atoms with Crippen molar-refractivity contribution in [1.29, 1.82) is 0 Å². The largest absolute Gasteiger partial charge is 0.437 e. The van der Waals surface area contributed by atoms with Gasteiger partial charge in [-0.2, -0.15) is 5.10 Å². The van der Waals surface area contributed by atoms with E-state index < -0.39 is 0 Å². The van der Waals surface area contributed by atoms with Gasteiger partial charge in [-0.1, -0.05) is 0 Å². The van der Waals surface area contributed by atoms with Crippen LogP contribution in [0.1, 0.15) is 17.7 Å². The second kappa shape index (κ2) is 5.83. The summed E-state index contributed by atoms with van der Waals surface area (Å²) in [5, 5.41) is 14.1. The molecular formula is C15H20N4O2. The van der Waals surface area contributed by atoms with Crippen molar-refractivity contribution < 1.29 is 9.84 Å². The number of likely N-dealkylation sites (tertiary alicyclic amines) is 1. The van der Waals surface area contributed by atoms with Crippen molar-refractivity contribution in [3.63, 3.8) is 0 Å². The Morgan fingerprint density at radius 3 is 3.00 bits per heavy atom. The lowest BCUT2D eigenvalue weighted by Gasteiger charge is -2.16. The zero-order chi connectivity index (χ0) is 14.8. The number of pyridine rings is 1. The van der Waals surface area contributed by atoms with Crippen molar-refractivity contribution in [3.8, 4) is 11.6 Å². The third kappa shape index (κ3) is 3.06. The van der Waals surface area contributed by atoms with E-state index in [9.17, 15) is 5.11 Å². The zero-order valence-corrected chi connectivity index (χ0v) is 12.4. The molecule has 0 spiro atoms. The van der Waals surface area contributed by atoms with Gasteiger partial charge in [0.05, 0.1) is 23.6 Å². The normalized spacial score (nSPS) is 19.1. The third-order valence-electron chi connectivity index (χ3n) is 3.77. The van der Waals surface area contributed by atoms with Crippen LogP contribution >= 0.6 is 0 Å². The van der Waals surface area contributed by atoms with Gasteiger partial charge in [0.2, 0.25) is 5.88 Å². The van der Waals surface area contributed by atoms with Crippen LogP contribution in [0.2, 0.25) is 0 Å². The molecule has 0 aliphatic carbocycles. The highest BCUT2D eigenvalue weighted by Crippen LogP contribution is 2.28. The maximum Gasteiger partial charge on any atom is 0.222 e. The molecule has 21 heavy (non-hydrogen) atoms. The average Bonchev–Trinajstić information content (AvgIpc) is 2.98. The summed E-state index contributed by atoms with van der Waals surface area (Å²) in [4.78, 5) is 6.29. The predicted molar refractivity (Wildman–Crippen MR) is 78.2 cm³/mol. The number of β-amino-alcohol motifs (C(OH)–C–C–N with tert-alkyl or cyclic N) is 1. The first-order valence-corrected chi connectivity index (χ1v) is 7.14. The van der Waals surface area contributed by atoms with Gasteiger partial charge in [0.25, 0.3) is 0 Å². The van der Waals surface area contributed by atoms with Gasteiger partial charge >= 0.3 is 0 Å². The summed E-state index contributed by atoms with van der Waals surface area (Å²) in [6.45, 7) is 4.34. The Hall–Kier alpha value is -1.92. The SMILES string of the molecule is Cc1nn(C)c(Oc2cccnc2)c1CN1CC[C@@H](O)C1. The molecule has 1 aliphatic rings. The Balaban J connectivity index is 1.83. The molecule has 1 N–H and O–H groups in total. The van der Waals surface area contributed by atoms with Crippen molar-refractivity contribution in [2.45, 2.75) is 26.0 Å². The minimum Gasteiger partial charge on any atom is -0.437 e. The van der Waals surface area contributed by atoms with Gasteiger partial charge in [-0.3, -0.25) is 9.88 Å². The summed E-state index contributed by atoms with van der Waals surface area (Å²) in [5.41, 5.74) is 2.02. The lowest BCUT2D eigenvalue weighted by Crippen LogP contribution is -2.22. The van der Waals surface area contributed by atoms with Crippen LogP contribution in [-0.4, -0.2) is 44.0 Å². The van der Waals surface area contributed by atoms with Gasteiger partial charge in [0, 0.05) is 32.9 Å². The molecule has 3 rings (SSSR count). The van der Waals surface area contributed by atoms with E-state index in [0.29, 0.717) is 12.3 Å². The summed E-state index contributed by atoms with van der Waals surface area (Å²) in [6.07, 6.45) is 4.02. The first-order valence-electron chi connectivity index (χ1n) is 7.14. The minimum absolute atomic E-state index is 0.218. The lowest BCUT2D eigenvalue weighted by atomic mass is 10.2. The number of aromatic nitrogens is 3. The summed E-state index contributed by atoms with van der Waals surface area (Å²) in [5.74, 6) is 1.44. The number of hydrogen-bond donors (Lipinski definition) is 1. The summed E-state index contributed by atoms with van der Waals surface area (Å²) in [6, 6.07) is 3.72. The van der Waals surface area contributed by atoms with Crippen molar-refractivity contribution >= 4 is 0 Å². The molecule has 6 nitrogen and oxygen atoms in total. The van der Waals surface area contributed by atoms with Crippen molar-refractivity contribution in [2.75, 3.05) is 13.1 Å².